The molecule has 1 amide bonds. The molecule has 122 valence electrons. The number of aliphatic carboxylic acids is 1. The molecule has 3 aromatic rings. The van der Waals surface area contributed by atoms with Crippen molar-refractivity contribution in [2.24, 2.45) is 0 Å². The molecule has 0 aliphatic rings. The number of carboxylic acid groups (broad SMARTS) is 1. The van der Waals surface area contributed by atoms with Crippen LogP contribution in [-0.4, -0.2) is 27.2 Å². The molecule has 3 rings (SSSR count). The van der Waals surface area contributed by atoms with Crippen molar-refractivity contribution in [3.8, 4) is 0 Å². The zero-order valence-corrected chi connectivity index (χ0v) is 13.3. The third-order valence-corrected chi connectivity index (χ3v) is 4.03. The van der Waals surface area contributed by atoms with Crippen LogP contribution in [0.25, 0.3) is 10.8 Å². The maximum absolute atomic E-state index is 12.7. The van der Waals surface area contributed by atoms with Crippen LogP contribution in [0.1, 0.15) is 33.4 Å². The van der Waals surface area contributed by atoms with E-state index in [1.54, 1.807) is 26.0 Å². The first-order valence-corrected chi connectivity index (χ1v) is 7.52. The molecule has 3 N–H and O–H groups in total. The predicted molar refractivity (Wildman–Crippen MR) is 89.9 cm³/mol. The minimum absolute atomic E-state index is 0.431. The first-order chi connectivity index (χ1) is 11.5. The second kappa shape index (κ2) is 6.16. The van der Waals surface area contributed by atoms with Crippen molar-refractivity contribution in [2.75, 3.05) is 0 Å². The van der Waals surface area contributed by atoms with Crippen LogP contribution in [0.15, 0.2) is 42.5 Å². The summed E-state index contributed by atoms with van der Waals surface area (Å²) in [5, 5.41) is 20.6. The summed E-state index contributed by atoms with van der Waals surface area (Å²) >= 11 is 0. The first kappa shape index (κ1) is 15.7. The highest BCUT2D eigenvalue weighted by Gasteiger charge is 2.28. The van der Waals surface area contributed by atoms with Crippen LogP contribution in [0.3, 0.4) is 0 Å². The number of fused-ring (bicyclic) bond motifs is 1. The number of hydrogen-bond donors (Lipinski definition) is 3. The van der Waals surface area contributed by atoms with Gasteiger partial charge in [-0.15, -0.1) is 0 Å². The van der Waals surface area contributed by atoms with Gasteiger partial charge in [0.15, 0.2) is 6.04 Å². The molecule has 6 nitrogen and oxygen atoms in total. The summed E-state index contributed by atoms with van der Waals surface area (Å²) in [5.41, 5.74) is 2.10. The van der Waals surface area contributed by atoms with E-state index in [1.807, 2.05) is 30.3 Å². The molecule has 1 aromatic heterocycles. The molecule has 0 saturated carbocycles. The summed E-state index contributed by atoms with van der Waals surface area (Å²) in [6.07, 6.45) is 0. The number of carbonyl (C=O) groups excluding carboxylic acids is 1. The topological polar surface area (TPSA) is 95.1 Å². The van der Waals surface area contributed by atoms with Crippen molar-refractivity contribution < 1.29 is 14.7 Å². The second-order valence-corrected chi connectivity index (χ2v) is 5.62. The highest BCUT2D eigenvalue weighted by Crippen LogP contribution is 2.23. The van der Waals surface area contributed by atoms with E-state index in [1.165, 1.54) is 0 Å². The van der Waals surface area contributed by atoms with E-state index in [0.29, 0.717) is 22.5 Å². The Morgan fingerprint density at radius 3 is 2.50 bits per heavy atom. The Bertz CT molecular complexity index is 905. The van der Waals surface area contributed by atoms with Crippen molar-refractivity contribution in [3.05, 3.63) is 65.0 Å². The third-order valence-electron chi connectivity index (χ3n) is 4.03. The number of amides is 1. The van der Waals surface area contributed by atoms with E-state index >= 15 is 0 Å². The van der Waals surface area contributed by atoms with E-state index in [0.717, 1.165) is 10.8 Å². The molecule has 24 heavy (non-hydrogen) atoms. The SMILES string of the molecule is Cc1n[nH]c(C)c1[C@@H](NC(=O)c1cccc2ccccc12)C(=O)O. The number of nitrogens with one attached hydrogen (secondary N) is 2. The lowest BCUT2D eigenvalue weighted by Crippen LogP contribution is -2.34. The molecule has 0 unspecified atom stereocenters. The van der Waals surface area contributed by atoms with Crippen molar-refractivity contribution in [3.63, 3.8) is 0 Å². The molecule has 0 spiro atoms. The van der Waals surface area contributed by atoms with Crippen LogP contribution in [0.2, 0.25) is 0 Å². The quantitative estimate of drug-likeness (QED) is 0.688. The summed E-state index contributed by atoms with van der Waals surface area (Å²) in [6.45, 7) is 3.44. The largest absolute Gasteiger partial charge is 0.479 e. The molecule has 2 aromatic carbocycles. The average molecular weight is 323 g/mol. The van der Waals surface area contributed by atoms with E-state index in [2.05, 4.69) is 15.5 Å². The summed E-state index contributed by atoms with van der Waals surface area (Å²) in [7, 11) is 0. The van der Waals surface area contributed by atoms with E-state index in [-0.39, 0.29) is 0 Å². The minimum Gasteiger partial charge on any atom is -0.479 e. The standard InChI is InChI=1S/C18H17N3O3/c1-10-15(11(2)21-20-10)16(18(23)24)19-17(22)14-9-5-7-12-6-3-4-8-13(12)14/h3-9,16H,1-2H3,(H,19,22)(H,20,21)(H,23,24)/t16-/m1/s1. The summed E-state index contributed by atoms with van der Waals surface area (Å²) in [6, 6.07) is 11.7. The predicted octanol–water partition coefficient (Wildman–Crippen LogP) is 2.74. The van der Waals surface area contributed by atoms with E-state index < -0.39 is 17.9 Å². The highest BCUT2D eigenvalue weighted by molar-refractivity contribution is 6.08. The van der Waals surface area contributed by atoms with Crippen LogP contribution in [0, 0.1) is 13.8 Å². The van der Waals surface area contributed by atoms with Crippen LogP contribution >= 0.6 is 0 Å². The summed E-state index contributed by atoms with van der Waals surface area (Å²) in [4.78, 5) is 24.4. The Morgan fingerprint density at radius 2 is 1.83 bits per heavy atom. The monoisotopic (exact) mass is 323 g/mol. The van der Waals surface area contributed by atoms with Crippen LogP contribution in [0.5, 0.6) is 0 Å². The minimum atomic E-state index is -1.16. The zero-order chi connectivity index (χ0) is 17.3. The first-order valence-electron chi connectivity index (χ1n) is 7.52. The van der Waals surface area contributed by atoms with Gasteiger partial charge in [0, 0.05) is 16.8 Å². The lowest BCUT2D eigenvalue weighted by atomic mass is 10.0. The van der Waals surface area contributed by atoms with Gasteiger partial charge in [0.1, 0.15) is 0 Å². The Labute approximate surface area is 138 Å². The van der Waals surface area contributed by atoms with Gasteiger partial charge in [-0.2, -0.15) is 5.10 Å². The van der Waals surface area contributed by atoms with Crippen LogP contribution in [0.4, 0.5) is 0 Å². The van der Waals surface area contributed by atoms with Gasteiger partial charge in [-0.05, 0) is 30.7 Å². The number of aryl methyl sites for hydroxylation is 2. The lowest BCUT2D eigenvalue weighted by molar-refractivity contribution is -0.139. The number of aromatic nitrogens is 2. The van der Waals surface area contributed by atoms with Crippen LogP contribution in [-0.2, 0) is 4.79 Å². The van der Waals surface area contributed by atoms with E-state index in [4.69, 9.17) is 0 Å². The van der Waals surface area contributed by atoms with Gasteiger partial charge >= 0.3 is 5.97 Å². The molecule has 0 bridgehead atoms. The normalized spacial score (nSPS) is 12.1. The number of carbonyl (C=O) groups is 2. The number of hydrogen-bond acceptors (Lipinski definition) is 3. The fourth-order valence-electron chi connectivity index (χ4n) is 2.87. The van der Waals surface area contributed by atoms with Gasteiger partial charge in [-0.3, -0.25) is 9.89 Å². The molecule has 6 heteroatoms. The Hall–Kier alpha value is -3.15. The zero-order valence-electron chi connectivity index (χ0n) is 13.3. The smallest absolute Gasteiger partial charge is 0.331 e. The van der Waals surface area contributed by atoms with Gasteiger partial charge in [-0.1, -0.05) is 36.4 Å². The van der Waals surface area contributed by atoms with Crippen molar-refractivity contribution in [1.29, 1.82) is 0 Å². The highest BCUT2D eigenvalue weighted by atomic mass is 16.4. The molecule has 1 atom stereocenters. The summed E-state index contributed by atoms with van der Waals surface area (Å²) in [5.74, 6) is -1.56. The fraction of sp³-hybridized carbons (Fsp3) is 0.167. The van der Waals surface area contributed by atoms with Crippen molar-refractivity contribution >= 4 is 22.6 Å². The second-order valence-electron chi connectivity index (χ2n) is 5.62. The molecular weight excluding hydrogens is 306 g/mol. The average Bonchev–Trinajstić information content (AvgIpc) is 2.90. The lowest BCUT2D eigenvalue weighted by Gasteiger charge is -2.16. The molecule has 0 fully saturated rings. The Kier molecular flexibility index (Phi) is 4.04. The maximum Gasteiger partial charge on any atom is 0.331 e. The number of H-pyrrole nitrogens is 1. The van der Waals surface area contributed by atoms with Crippen LogP contribution < -0.4 is 5.32 Å². The number of nitrogens with zero attached hydrogens (tertiary/aromatic N) is 1. The number of aromatic amines is 1. The van der Waals surface area contributed by atoms with Gasteiger partial charge in [-0.25, -0.2) is 4.79 Å². The number of carboxylic acids is 1. The molecule has 1 heterocycles. The molecule has 0 aliphatic heterocycles. The van der Waals surface area contributed by atoms with Crippen molar-refractivity contribution in [1.82, 2.24) is 15.5 Å². The maximum atomic E-state index is 12.7. The number of benzene rings is 2. The van der Waals surface area contributed by atoms with Gasteiger partial charge < -0.3 is 10.4 Å². The van der Waals surface area contributed by atoms with Gasteiger partial charge in [0.05, 0.1) is 5.69 Å². The van der Waals surface area contributed by atoms with Gasteiger partial charge in [0.25, 0.3) is 5.91 Å². The molecule has 0 saturated heterocycles. The summed E-state index contributed by atoms with van der Waals surface area (Å²) < 4.78 is 0. The van der Waals surface area contributed by atoms with E-state index in [9.17, 15) is 14.7 Å². The Balaban J connectivity index is 1.99. The molecular formula is C18H17N3O3. The molecule has 0 radical (unpaired) electrons. The third kappa shape index (κ3) is 2.74. The Morgan fingerprint density at radius 1 is 1.12 bits per heavy atom. The number of rotatable bonds is 4. The fourth-order valence-corrected chi connectivity index (χ4v) is 2.87. The van der Waals surface area contributed by atoms with Crippen molar-refractivity contribution in [2.45, 2.75) is 19.9 Å². The van der Waals surface area contributed by atoms with Gasteiger partial charge in [0.2, 0.25) is 0 Å². The molecule has 0 aliphatic carbocycles.